The molecule has 202 valence electrons. The van der Waals surface area contributed by atoms with Gasteiger partial charge in [-0.25, -0.2) is 0 Å². The summed E-state index contributed by atoms with van der Waals surface area (Å²) in [6.07, 6.45) is 8.92. The predicted octanol–water partition coefficient (Wildman–Crippen LogP) is 3.84. The van der Waals surface area contributed by atoms with Gasteiger partial charge < -0.3 is 0 Å². The van der Waals surface area contributed by atoms with Crippen molar-refractivity contribution in [3.05, 3.63) is 77.2 Å². The van der Waals surface area contributed by atoms with E-state index in [1.165, 1.54) is 28.3 Å². The number of benzene rings is 1. The molecule has 0 aliphatic carbocycles. The summed E-state index contributed by atoms with van der Waals surface area (Å²) >= 11 is -1.38. The number of carbonyl (C=O) groups excluding carboxylic acids is 1. The van der Waals surface area contributed by atoms with Gasteiger partial charge in [0.25, 0.3) is 0 Å². The van der Waals surface area contributed by atoms with Crippen molar-refractivity contribution in [2.24, 2.45) is 0 Å². The molecule has 0 radical (unpaired) electrons. The number of aryl methyl sites for hydroxylation is 2. The Bertz CT molecular complexity index is 1190. The Kier molecular flexibility index (Phi) is 9.81. The number of methoxy groups -OCH3 is 1. The van der Waals surface area contributed by atoms with Crippen LogP contribution >= 0.6 is 0 Å². The summed E-state index contributed by atoms with van der Waals surface area (Å²) in [5.74, 6) is 1.06. The first-order valence-corrected chi connectivity index (χ1v) is 16.8. The molecule has 3 heterocycles. The Morgan fingerprint density at radius 3 is 2.50 bits per heavy atom. The molecule has 1 amide bonds. The number of nitrogens with one attached hydrogen (secondary N) is 1. The Balaban J connectivity index is 1.34. The molecular weight excluding hydrogens is 537 g/mol. The summed E-state index contributed by atoms with van der Waals surface area (Å²) in [6, 6.07) is 13.2. The van der Waals surface area contributed by atoms with Gasteiger partial charge in [0.15, 0.2) is 0 Å². The van der Waals surface area contributed by atoms with E-state index in [2.05, 4.69) is 70.6 Å². The summed E-state index contributed by atoms with van der Waals surface area (Å²) in [5.41, 5.74) is 10.00. The number of anilines is 1. The number of aromatic nitrogens is 2. The van der Waals surface area contributed by atoms with E-state index in [0.717, 1.165) is 40.7 Å². The summed E-state index contributed by atoms with van der Waals surface area (Å²) in [5, 5.41) is 4.19. The minimum atomic E-state index is -1.38. The summed E-state index contributed by atoms with van der Waals surface area (Å²) < 4.78 is 7.68. The van der Waals surface area contributed by atoms with E-state index in [9.17, 15) is 4.79 Å². The van der Waals surface area contributed by atoms with Crippen LogP contribution in [-0.2, 0) is 5.21 Å². The number of likely N-dealkylation sites (tertiary alicyclic amines) is 1. The van der Waals surface area contributed by atoms with Crippen molar-refractivity contribution >= 4 is 30.7 Å². The van der Waals surface area contributed by atoms with Crippen molar-refractivity contribution in [2.75, 3.05) is 32.5 Å². The predicted molar refractivity (Wildman–Crippen MR) is 155 cm³/mol. The Morgan fingerprint density at radius 1 is 1.13 bits per heavy atom. The molecular formula is C30H40AsN5O2. The molecule has 2 aromatic heterocycles. The second kappa shape index (κ2) is 13.3. The molecule has 1 aromatic carbocycles. The minimum absolute atomic E-state index is 0.140. The normalized spacial score (nSPS) is 16.1. The molecule has 2 unspecified atom stereocenters. The molecule has 1 saturated heterocycles. The zero-order valence-corrected chi connectivity index (χ0v) is 24.9. The number of piperidine rings is 1. The average molecular weight is 578 g/mol. The third-order valence-corrected chi connectivity index (χ3v) is 14.1. The van der Waals surface area contributed by atoms with Crippen LogP contribution < -0.4 is 20.1 Å². The van der Waals surface area contributed by atoms with Crippen molar-refractivity contribution in [3.63, 3.8) is 0 Å². The molecule has 0 spiro atoms. The third kappa shape index (κ3) is 6.94. The molecule has 1 aliphatic rings. The van der Waals surface area contributed by atoms with Gasteiger partial charge in [0.05, 0.1) is 0 Å². The SMILES string of the molecule is COc1ccc([As](Cc2cnccc2C)C2CCN(C(C)CCNC(=O)c3c(C)ccnc3N)CC2)cc1. The van der Waals surface area contributed by atoms with E-state index < -0.39 is 14.7 Å². The van der Waals surface area contributed by atoms with E-state index in [-0.39, 0.29) is 11.7 Å². The fourth-order valence-electron chi connectivity index (χ4n) is 5.23. The van der Waals surface area contributed by atoms with Gasteiger partial charge >= 0.3 is 226 Å². The van der Waals surface area contributed by atoms with Crippen molar-refractivity contribution in [2.45, 2.75) is 56.0 Å². The number of hydrogen-bond acceptors (Lipinski definition) is 6. The van der Waals surface area contributed by atoms with E-state index in [1.54, 1.807) is 13.3 Å². The van der Waals surface area contributed by atoms with Gasteiger partial charge in [-0.2, -0.15) is 0 Å². The van der Waals surface area contributed by atoms with Crippen LogP contribution in [0.3, 0.4) is 0 Å². The molecule has 38 heavy (non-hydrogen) atoms. The first kappa shape index (κ1) is 28.1. The number of amides is 1. The molecule has 8 heteroatoms. The third-order valence-electron chi connectivity index (χ3n) is 7.72. The fourth-order valence-corrected chi connectivity index (χ4v) is 11.4. The van der Waals surface area contributed by atoms with E-state index in [4.69, 9.17) is 10.5 Å². The van der Waals surface area contributed by atoms with Crippen LogP contribution in [0.25, 0.3) is 0 Å². The molecule has 2 atom stereocenters. The second-order valence-electron chi connectivity index (χ2n) is 10.2. The maximum atomic E-state index is 12.7. The second-order valence-corrected chi connectivity index (χ2v) is 15.4. The first-order chi connectivity index (χ1) is 18.4. The molecule has 3 aromatic rings. The number of rotatable bonds is 10. The Hall–Kier alpha value is -2.89. The van der Waals surface area contributed by atoms with Gasteiger partial charge in [-0.15, -0.1) is 0 Å². The Labute approximate surface area is 231 Å². The zero-order chi connectivity index (χ0) is 27.1. The summed E-state index contributed by atoms with van der Waals surface area (Å²) in [6.45, 7) is 9.18. The maximum absolute atomic E-state index is 12.7. The topological polar surface area (TPSA) is 93.4 Å². The number of carbonyl (C=O) groups is 1. The van der Waals surface area contributed by atoms with Crippen molar-refractivity contribution in [1.82, 2.24) is 20.2 Å². The monoisotopic (exact) mass is 577 g/mol. The van der Waals surface area contributed by atoms with Crippen LogP contribution in [0, 0.1) is 13.8 Å². The standard InChI is InChI=1S/C30H40AsN5O2/c1-21-9-14-33-20-24(21)19-31(25-5-7-27(38-4)8-6-25)26-12-17-36(18-13-26)23(3)11-16-35-30(37)28-22(2)10-15-34-29(28)32/h5-10,14-15,20,23,26H,11-13,16-19H2,1-4H3,(H2,32,34)(H,35,37). The van der Waals surface area contributed by atoms with Gasteiger partial charge in [0, 0.05) is 6.20 Å². The van der Waals surface area contributed by atoms with Crippen LogP contribution in [0.5, 0.6) is 5.75 Å². The zero-order valence-electron chi connectivity index (χ0n) is 23.0. The molecule has 1 aliphatic heterocycles. The van der Waals surface area contributed by atoms with Crippen LogP contribution in [0.4, 0.5) is 5.82 Å². The van der Waals surface area contributed by atoms with Crippen molar-refractivity contribution in [3.8, 4) is 5.75 Å². The number of ether oxygens (including phenoxy) is 1. The quantitative estimate of drug-likeness (QED) is 0.356. The van der Waals surface area contributed by atoms with Gasteiger partial charge in [0.2, 0.25) is 0 Å². The number of nitrogens with two attached hydrogens (primary N) is 1. The average Bonchev–Trinajstić information content (AvgIpc) is 2.93. The number of pyridine rings is 2. The van der Waals surface area contributed by atoms with Crippen molar-refractivity contribution in [1.29, 1.82) is 0 Å². The van der Waals surface area contributed by atoms with Crippen LogP contribution in [0.1, 0.15) is 53.2 Å². The van der Waals surface area contributed by atoms with Gasteiger partial charge in [-0.3, -0.25) is 0 Å². The van der Waals surface area contributed by atoms with Crippen LogP contribution in [0.15, 0.2) is 55.0 Å². The van der Waals surface area contributed by atoms with Gasteiger partial charge in [0.1, 0.15) is 0 Å². The van der Waals surface area contributed by atoms with Gasteiger partial charge in [-0.05, 0) is 0 Å². The number of hydrogen-bond donors (Lipinski definition) is 2. The van der Waals surface area contributed by atoms with E-state index in [0.29, 0.717) is 18.2 Å². The Morgan fingerprint density at radius 2 is 1.84 bits per heavy atom. The van der Waals surface area contributed by atoms with E-state index in [1.807, 2.05) is 19.2 Å². The molecule has 4 rings (SSSR count). The van der Waals surface area contributed by atoms with Crippen LogP contribution in [-0.4, -0.2) is 68.2 Å². The molecule has 7 nitrogen and oxygen atoms in total. The molecule has 0 saturated carbocycles. The summed E-state index contributed by atoms with van der Waals surface area (Å²) in [7, 11) is 1.72. The van der Waals surface area contributed by atoms with E-state index >= 15 is 0 Å². The number of nitrogens with zero attached hydrogens (tertiary/aromatic N) is 3. The number of nitrogen functional groups attached to an aromatic ring is 1. The van der Waals surface area contributed by atoms with Gasteiger partial charge in [-0.1, -0.05) is 0 Å². The molecule has 0 bridgehead atoms. The summed E-state index contributed by atoms with van der Waals surface area (Å²) in [4.78, 5) is 23.7. The fraction of sp³-hybridized carbons (Fsp3) is 0.433. The van der Waals surface area contributed by atoms with Crippen LogP contribution in [0.2, 0.25) is 4.71 Å². The van der Waals surface area contributed by atoms with Crippen molar-refractivity contribution < 1.29 is 9.53 Å². The molecule has 3 N–H and O–H groups in total. The molecule has 1 fully saturated rings. The first-order valence-electron chi connectivity index (χ1n) is 13.4.